The molecule has 23 heavy (non-hydrogen) atoms. The second kappa shape index (κ2) is 6.63. The highest BCUT2D eigenvalue weighted by Gasteiger charge is 2.37. The average Bonchev–Trinajstić information content (AvgIpc) is 3.31. The Kier molecular flexibility index (Phi) is 4.76. The fourth-order valence-electron chi connectivity index (χ4n) is 3.55. The number of carbonyl (C=O) groups is 1. The molecule has 0 N–H and O–H groups in total. The third kappa shape index (κ3) is 3.60. The second-order valence-corrected chi connectivity index (χ2v) is 9.00. The van der Waals surface area contributed by atoms with E-state index in [9.17, 15) is 13.2 Å². The van der Waals surface area contributed by atoms with Gasteiger partial charge in [0, 0.05) is 0 Å². The summed E-state index contributed by atoms with van der Waals surface area (Å²) in [6.45, 7) is 0. The highest BCUT2D eigenvalue weighted by atomic mass is 32.2. The summed E-state index contributed by atoms with van der Waals surface area (Å²) < 4.78 is 29.5. The Balaban J connectivity index is 1.80. The zero-order valence-corrected chi connectivity index (χ0v) is 14.3. The Morgan fingerprint density at radius 3 is 2.26 bits per heavy atom. The molecular formula is C18H24O4S. The van der Waals surface area contributed by atoms with Crippen LogP contribution in [0, 0.1) is 5.92 Å². The Bertz CT molecular complexity index is 653. The fraction of sp³-hybridized carbons (Fsp3) is 0.611. The summed E-state index contributed by atoms with van der Waals surface area (Å²) in [6.07, 6.45) is 7.12. The first-order valence-corrected chi connectivity index (χ1v) is 9.98. The lowest BCUT2D eigenvalue weighted by Gasteiger charge is -2.19. The summed E-state index contributed by atoms with van der Waals surface area (Å²) in [5, 5.41) is -0.205. The van der Waals surface area contributed by atoms with Crippen molar-refractivity contribution in [3.8, 4) is 0 Å². The van der Waals surface area contributed by atoms with Crippen molar-refractivity contribution in [3.05, 3.63) is 29.8 Å². The summed E-state index contributed by atoms with van der Waals surface area (Å²) >= 11 is 0. The zero-order valence-electron chi connectivity index (χ0n) is 13.5. The van der Waals surface area contributed by atoms with E-state index >= 15 is 0 Å². The van der Waals surface area contributed by atoms with Crippen molar-refractivity contribution in [2.45, 2.75) is 61.0 Å². The Labute approximate surface area is 138 Å². The van der Waals surface area contributed by atoms with E-state index in [-0.39, 0.29) is 17.1 Å². The zero-order chi connectivity index (χ0) is 16.4. The van der Waals surface area contributed by atoms with Gasteiger partial charge in [0.25, 0.3) is 0 Å². The van der Waals surface area contributed by atoms with Gasteiger partial charge in [-0.15, -0.1) is 0 Å². The van der Waals surface area contributed by atoms with Crippen molar-refractivity contribution in [2.24, 2.45) is 5.92 Å². The molecule has 1 atom stereocenters. The number of ether oxygens (including phenoxy) is 1. The smallest absolute Gasteiger partial charge is 0.313 e. The number of rotatable bonds is 6. The van der Waals surface area contributed by atoms with Gasteiger partial charge in [-0.1, -0.05) is 37.8 Å². The van der Waals surface area contributed by atoms with Crippen molar-refractivity contribution in [2.75, 3.05) is 7.11 Å². The Morgan fingerprint density at radius 2 is 1.74 bits per heavy atom. The molecule has 2 aliphatic carbocycles. The summed E-state index contributed by atoms with van der Waals surface area (Å²) in [5.74, 6) is 0.0458. The summed E-state index contributed by atoms with van der Waals surface area (Å²) in [4.78, 5) is 12.5. The van der Waals surface area contributed by atoms with Crippen molar-refractivity contribution < 1.29 is 17.9 Å². The molecule has 0 aliphatic heterocycles. The molecule has 126 valence electrons. The number of sulfone groups is 1. The van der Waals surface area contributed by atoms with E-state index in [1.54, 1.807) is 24.3 Å². The van der Waals surface area contributed by atoms with Gasteiger partial charge in [-0.25, -0.2) is 8.42 Å². The molecule has 2 aliphatic rings. The van der Waals surface area contributed by atoms with Gasteiger partial charge in [0.2, 0.25) is 0 Å². The third-order valence-electron chi connectivity index (χ3n) is 5.10. The van der Waals surface area contributed by atoms with E-state index in [2.05, 4.69) is 0 Å². The van der Waals surface area contributed by atoms with Crippen LogP contribution in [0.1, 0.15) is 56.4 Å². The van der Waals surface area contributed by atoms with Gasteiger partial charge < -0.3 is 4.74 Å². The fourth-order valence-corrected chi connectivity index (χ4v) is 5.21. The van der Waals surface area contributed by atoms with E-state index in [0.717, 1.165) is 24.8 Å². The molecule has 0 amide bonds. The maximum absolute atomic E-state index is 12.3. The minimum Gasteiger partial charge on any atom is -0.469 e. The van der Waals surface area contributed by atoms with Gasteiger partial charge in [-0.2, -0.15) is 0 Å². The van der Waals surface area contributed by atoms with E-state index < -0.39 is 9.84 Å². The number of methoxy groups -OCH3 is 1. The van der Waals surface area contributed by atoms with Gasteiger partial charge >= 0.3 is 5.97 Å². The number of esters is 1. The average molecular weight is 336 g/mol. The number of hydrogen-bond acceptors (Lipinski definition) is 4. The van der Waals surface area contributed by atoms with Crippen LogP contribution in [0.25, 0.3) is 0 Å². The van der Waals surface area contributed by atoms with Crippen molar-refractivity contribution >= 4 is 15.8 Å². The quantitative estimate of drug-likeness (QED) is 0.747. The third-order valence-corrected chi connectivity index (χ3v) is 7.38. The summed E-state index contributed by atoms with van der Waals surface area (Å²) in [5.41, 5.74) is 0.860. The maximum Gasteiger partial charge on any atom is 0.313 e. The first kappa shape index (κ1) is 16.5. The number of carbonyl (C=O) groups excluding carboxylic acids is 1. The molecule has 1 unspecified atom stereocenters. The molecule has 0 radical (unpaired) electrons. The lowest BCUT2D eigenvalue weighted by molar-refractivity contribution is -0.142. The van der Waals surface area contributed by atoms with Crippen LogP contribution in [0.5, 0.6) is 0 Å². The van der Waals surface area contributed by atoms with Crippen LogP contribution < -0.4 is 0 Å². The van der Waals surface area contributed by atoms with Gasteiger partial charge in [0.05, 0.1) is 23.2 Å². The second-order valence-electron chi connectivity index (χ2n) is 6.78. The van der Waals surface area contributed by atoms with Crippen LogP contribution in [0.2, 0.25) is 0 Å². The maximum atomic E-state index is 12.3. The van der Waals surface area contributed by atoms with Crippen LogP contribution in [-0.4, -0.2) is 26.7 Å². The lowest BCUT2D eigenvalue weighted by atomic mass is 9.88. The normalized spacial score (nSPS) is 20.4. The summed E-state index contributed by atoms with van der Waals surface area (Å²) in [6, 6.07) is 6.86. The van der Waals surface area contributed by atoms with Crippen molar-refractivity contribution in [1.82, 2.24) is 0 Å². The SMILES string of the molecule is COC(=O)C(CC1CCCC1)c1ccc(S(=O)(=O)C2CC2)cc1. The number of benzene rings is 1. The predicted octanol–water partition coefficient (Wildman–Crippen LogP) is 3.46. The van der Waals surface area contributed by atoms with Crippen molar-refractivity contribution in [1.29, 1.82) is 0 Å². The monoisotopic (exact) mass is 336 g/mol. The molecule has 0 saturated heterocycles. The number of hydrogen-bond donors (Lipinski definition) is 0. The van der Waals surface area contributed by atoms with E-state index in [1.165, 1.54) is 32.8 Å². The molecule has 0 heterocycles. The molecule has 0 aromatic heterocycles. The van der Waals surface area contributed by atoms with Crippen LogP contribution in [-0.2, 0) is 19.4 Å². The predicted molar refractivity (Wildman–Crippen MR) is 88.0 cm³/mol. The minimum atomic E-state index is -3.17. The first-order valence-electron chi connectivity index (χ1n) is 8.44. The molecule has 1 aromatic carbocycles. The van der Waals surface area contributed by atoms with E-state index in [1.807, 2.05) is 0 Å². The Hall–Kier alpha value is -1.36. The van der Waals surface area contributed by atoms with E-state index in [0.29, 0.717) is 10.8 Å². The van der Waals surface area contributed by atoms with Gasteiger partial charge in [-0.05, 0) is 42.9 Å². The molecule has 2 saturated carbocycles. The Morgan fingerprint density at radius 1 is 1.13 bits per heavy atom. The van der Waals surface area contributed by atoms with E-state index in [4.69, 9.17) is 4.74 Å². The van der Waals surface area contributed by atoms with Crippen LogP contribution in [0.4, 0.5) is 0 Å². The molecular weight excluding hydrogens is 312 g/mol. The summed E-state index contributed by atoms with van der Waals surface area (Å²) in [7, 11) is -1.76. The molecule has 1 aromatic rings. The standard InChI is InChI=1S/C18H24O4S/c1-22-18(19)17(12-13-4-2-3-5-13)14-6-8-15(9-7-14)23(20,21)16-10-11-16/h6-9,13,16-17H,2-5,10-12H2,1H3. The highest BCUT2D eigenvalue weighted by molar-refractivity contribution is 7.92. The molecule has 3 rings (SSSR count). The van der Waals surface area contributed by atoms with Crippen molar-refractivity contribution in [3.63, 3.8) is 0 Å². The lowest BCUT2D eigenvalue weighted by Crippen LogP contribution is -2.17. The molecule has 0 spiro atoms. The van der Waals surface area contributed by atoms with Crippen LogP contribution >= 0.6 is 0 Å². The van der Waals surface area contributed by atoms with Gasteiger partial charge in [0.15, 0.2) is 9.84 Å². The van der Waals surface area contributed by atoms with Gasteiger partial charge in [0.1, 0.15) is 0 Å². The highest BCUT2D eigenvalue weighted by Crippen LogP contribution is 2.36. The van der Waals surface area contributed by atoms with Crippen LogP contribution in [0.3, 0.4) is 0 Å². The first-order chi connectivity index (χ1) is 11.0. The minimum absolute atomic E-state index is 0.205. The molecule has 2 fully saturated rings. The molecule has 4 nitrogen and oxygen atoms in total. The van der Waals surface area contributed by atoms with Gasteiger partial charge in [-0.3, -0.25) is 4.79 Å². The largest absolute Gasteiger partial charge is 0.469 e. The van der Waals surface area contributed by atoms with Crippen LogP contribution in [0.15, 0.2) is 29.2 Å². The molecule has 5 heteroatoms. The molecule has 0 bridgehead atoms. The topological polar surface area (TPSA) is 60.4 Å².